The molecular weight excluding hydrogens is 220 g/mol. The average molecular weight is 232 g/mol. The summed E-state index contributed by atoms with van der Waals surface area (Å²) < 4.78 is 1.45. The molecule has 0 aliphatic heterocycles. The van der Waals surface area contributed by atoms with Crippen LogP contribution in [0, 0.1) is 0 Å². The number of nitrogens with one attached hydrogen (secondary N) is 1. The Balaban J connectivity index is 1.89. The first-order chi connectivity index (χ1) is 8.31. The first-order valence-electron chi connectivity index (χ1n) is 5.44. The van der Waals surface area contributed by atoms with Crippen molar-refractivity contribution in [3.8, 4) is 5.95 Å². The van der Waals surface area contributed by atoms with Gasteiger partial charge in [0.15, 0.2) is 0 Å². The summed E-state index contributed by atoms with van der Waals surface area (Å²) in [5.74, 6) is 1.04. The maximum atomic E-state index is 5.64. The van der Waals surface area contributed by atoms with Crippen molar-refractivity contribution in [3.63, 3.8) is 0 Å². The van der Waals surface area contributed by atoms with Gasteiger partial charge in [-0.15, -0.1) is 0 Å². The third-order valence-electron chi connectivity index (χ3n) is 2.70. The molecule has 0 aromatic carbocycles. The number of aromatic nitrogens is 6. The van der Waals surface area contributed by atoms with Crippen molar-refractivity contribution in [2.45, 2.75) is 25.3 Å². The molecule has 0 radical (unpaired) electrons. The predicted octanol–water partition coefficient (Wildman–Crippen LogP) is -0.00110. The van der Waals surface area contributed by atoms with E-state index in [0.29, 0.717) is 17.9 Å². The molecule has 88 valence electrons. The van der Waals surface area contributed by atoms with Gasteiger partial charge in [0, 0.05) is 6.04 Å². The zero-order valence-corrected chi connectivity index (χ0v) is 9.11. The predicted molar refractivity (Wildman–Crippen MR) is 60.4 cm³/mol. The number of nitrogens with two attached hydrogens (primary N) is 1. The highest BCUT2D eigenvalue weighted by molar-refractivity contribution is 5.35. The molecule has 0 bridgehead atoms. The summed E-state index contributed by atoms with van der Waals surface area (Å²) in [7, 11) is 0. The maximum Gasteiger partial charge on any atom is 0.258 e. The van der Waals surface area contributed by atoms with Gasteiger partial charge in [0.05, 0.1) is 0 Å². The smallest absolute Gasteiger partial charge is 0.258 e. The Bertz CT molecular complexity index is 504. The lowest BCUT2D eigenvalue weighted by Gasteiger charge is -2.26. The topological polar surface area (TPSA) is 107 Å². The maximum absolute atomic E-state index is 5.64. The second-order valence-electron chi connectivity index (χ2n) is 3.93. The number of hydrogen-bond donors (Lipinski definition) is 2. The quantitative estimate of drug-likeness (QED) is 0.766. The summed E-state index contributed by atoms with van der Waals surface area (Å²) in [6, 6.07) is 0.445. The van der Waals surface area contributed by atoms with Crippen molar-refractivity contribution in [2.75, 3.05) is 11.1 Å². The van der Waals surface area contributed by atoms with E-state index in [1.165, 1.54) is 23.8 Å². The summed E-state index contributed by atoms with van der Waals surface area (Å²) in [4.78, 5) is 16.1. The molecule has 0 spiro atoms. The van der Waals surface area contributed by atoms with Gasteiger partial charge in [0.1, 0.15) is 12.7 Å². The van der Waals surface area contributed by atoms with Crippen LogP contribution < -0.4 is 11.1 Å². The van der Waals surface area contributed by atoms with Crippen LogP contribution in [0.2, 0.25) is 0 Å². The van der Waals surface area contributed by atoms with E-state index in [-0.39, 0.29) is 5.95 Å². The Hall–Kier alpha value is -2.25. The van der Waals surface area contributed by atoms with E-state index in [2.05, 4.69) is 30.4 Å². The molecule has 0 atom stereocenters. The molecule has 1 aliphatic rings. The number of nitrogen functional groups attached to an aromatic ring is 1. The van der Waals surface area contributed by atoms with Crippen molar-refractivity contribution in [3.05, 3.63) is 12.7 Å². The van der Waals surface area contributed by atoms with Crippen LogP contribution >= 0.6 is 0 Å². The molecule has 0 amide bonds. The Labute approximate surface area is 97.3 Å². The van der Waals surface area contributed by atoms with Gasteiger partial charge in [-0.2, -0.15) is 24.7 Å². The number of anilines is 2. The van der Waals surface area contributed by atoms with Crippen molar-refractivity contribution < 1.29 is 0 Å². The van der Waals surface area contributed by atoms with Gasteiger partial charge in [-0.25, -0.2) is 4.98 Å². The molecule has 3 rings (SSSR count). The van der Waals surface area contributed by atoms with Gasteiger partial charge in [0.25, 0.3) is 5.95 Å². The number of nitrogens with zero attached hydrogens (tertiary/aromatic N) is 6. The second kappa shape index (κ2) is 3.96. The fraction of sp³-hybridized carbons (Fsp3) is 0.444. The lowest BCUT2D eigenvalue weighted by Crippen LogP contribution is -2.28. The highest BCUT2D eigenvalue weighted by Crippen LogP contribution is 2.21. The summed E-state index contributed by atoms with van der Waals surface area (Å²) in [6.07, 6.45) is 6.46. The number of rotatable bonds is 3. The van der Waals surface area contributed by atoms with E-state index in [1.54, 1.807) is 0 Å². The molecule has 8 heteroatoms. The highest BCUT2D eigenvalue weighted by Gasteiger charge is 2.18. The van der Waals surface area contributed by atoms with Crippen LogP contribution in [0.25, 0.3) is 5.95 Å². The minimum Gasteiger partial charge on any atom is -0.368 e. The average Bonchev–Trinajstić information content (AvgIpc) is 2.76. The number of hydrogen-bond acceptors (Lipinski definition) is 7. The molecule has 2 aromatic heterocycles. The molecule has 0 unspecified atom stereocenters. The molecule has 1 saturated carbocycles. The first kappa shape index (κ1) is 9.94. The largest absolute Gasteiger partial charge is 0.368 e. The summed E-state index contributed by atoms with van der Waals surface area (Å²) in [5.41, 5.74) is 5.64. The summed E-state index contributed by atoms with van der Waals surface area (Å²) in [5, 5.41) is 7.17. The molecule has 1 aliphatic carbocycles. The van der Waals surface area contributed by atoms with Gasteiger partial charge in [-0.3, -0.25) is 0 Å². The van der Waals surface area contributed by atoms with E-state index < -0.39 is 0 Å². The lowest BCUT2D eigenvalue weighted by molar-refractivity contribution is 0.443. The van der Waals surface area contributed by atoms with Crippen molar-refractivity contribution >= 4 is 11.9 Å². The van der Waals surface area contributed by atoms with Crippen LogP contribution in [0.15, 0.2) is 12.7 Å². The summed E-state index contributed by atoms with van der Waals surface area (Å²) in [6.45, 7) is 0. The Morgan fingerprint density at radius 2 is 2.18 bits per heavy atom. The normalized spacial score (nSPS) is 15.5. The fourth-order valence-electron chi connectivity index (χ4n) is 1.59. The van der Waals surface area contributed by atoms with Crippen molar-refractivity contribution in [1.29, 1.82) is 0 Å². The molecule has 2 heterocycles. The van der Waals surface area contributed by atoms with Crippen LogP contribution in [0.3, 0.4) is 0 Å². The standard InChI is InChI=1S/C9H12N8/c10-7-14-8(13-6-2-1-3-6)16-9(15-7)17-5-11-4-12-17/h4-6H,1-3H2,(H3,10,13,14,15,16). The Kier molecular flexibility index (Phi) is 2.32. The van der Waals surface area contributed by atoms with Gasteiger partial charge in [0.2, 0.25) is 11.9 Å². The monoisotopic (exact) mass is 232 g/mol. The molecule has 17 heavy (non-hydrogen) atoms. The first-order valence-corrected chi connectivity index (χ1v) is 5.44. The van der Waals surface area contributed by atoms with Crippen molar-refractivity contribution in [2.24, 2.45) is 0 Å². The van der Waals surface area contributed by atoms with Gasteiger partial charge < -0.3 is 11.1 Å². The van der Waals surface area contributed by atoms with Crippen LogP contribution in [-0.4, -0.2) is 35.8 Å². The minimum absolute atomic E-state index is 0.173. The van der Waals surface area contributed by atoms with E-state index in [4.69, 9.17) is 5.73 Å². The molecule has 8 nitrogen and oxygen atoms in total. The second-order valence-corrected chi connectivity index (χ2v) is 3.93. The van der Waals surface area contributed by atoms with E-state index in [9.17, 15) is 0 Å². The van der Waals surface area contributed by atoms with Crippen LogP contribution in [0.1, 0.15) is 19.3 Å². The zero-order valence-electron chi connectivity index (χ0n) is 9.11. The van der Waals surface area contributed by atoms with Crippen LogP contribution in [-0.2, 0) is 0 Å². The molecule has 2 aromatic rings. The van der Waals surface area contributed by atoms with E-state index in [1.807, 2.05) is 0 Å². The SMILES string of the molecule is Nc1nc(NC2CCC2)nc(-n2cncn2)n1. The molecule has 0 saturated heterocycles. The Morgan fingerprint density at radius 1 is 1.29 bits per heavy atom. The van der Waals surface area contributed by atoms with Gasteiger partial charge in [-0.1, -0.05) is 0 Å². The van der Waals surface area contributed by atoms with Crippen LogP contribution in [0.4, 0.5) is 11.9 Å². The summed E-state index contributed by atoms with van der Waals surface area (Å²) >= 11 is 0. The van der Waals surface area contributed by atoms with Gasteiger partial charge in [-0.05, 0) is 19.3 Å². The Morgan fingerprint density at radius 3 is 2.82 bits per heavy atom. The van der Waals surface area contributed by atoms with Crippen molar-refractivity contribution in [1.82, 2.24) is 29.7 Å². The highest BCUT2D eigenvalue weighted by atomic mass is 15.4. The minimum atomic E-state index is 0.173. The van der Waals surface area contributed by atoms with Gasteiger partial charge >= 0.3 is 0 Å². The third-order valence-corrected chi connectivity index (χ3v) is 2.70. The van der Waals surface area contributed by atoms with E-state index >= 15 is 0 Å². The molecule has 3 N–H and O–H groups in total. The lowest BCUT2D eigenvalue weighted by atomic mass is 9.93. The zero-order chi connectivity index (χ0) is 11.7. The molecular formula is C9H12N8. The van der Waals surface area contributed by atoms with Crippen LogP contribution in [0.5, 0.6) is 0 Å². The van der Waals surface area contributed by atoms with E-state index in [0.717, 1.165) is 12.8 Å². The fourth-order valence-corrected chi connectivity index (χ4v) is 1.59. The third kappa shape index (κ3) is 2.01. The molecule has 1 fully saturated rings.